The van der Waals surface area contributed by atoms with E-state index in [4.69, 9.17) is 0 Å². The van der Waals surface area contributed by atoms with E-state index in [2.05, 4.69) is 5.10 Å². The summed E-state index contributed by atoms with van der Waals surface area (Å²) in [4.78, 5) is 12.1. The third-order valence-electron chi connectivity index (χ3n) is 3.20. The highest BCUT2D eigenvalue weighted by molar-refractivity contribution is 5.97. The molecule has 9 heteroatoms. The number of halogens is 5. The van der Waals surface area contributed by atoms with E-state index < -0.39 is 30.2 Å². The van der Waals surface area contributed by atoms with Crippen LogP contribution in [0.1, 0.15) is 23.7 Å². The lowest BCUT2D eigenvalue weighted by molar-refractivity contribution is -0.362. The molecule has 0 bridgehead atoms. The molecule has 4 nitrogen and oxygen atoms in total. The minimum Gasteiger partial charge on any atom is -0.364 e. The highest BCUT2D eigenvalue weighted by Gasteiger charge is 2.74. The van der Waals surface area contributed by atoms with Crippen LogP contribution in [0.5, 0.6) is 0 Å². The Morgan fingerprint density at radius 2 is 1.77 bits per heavy atom. The first kappa shape index (κ1) is 16.3. The van der Waals surface area contributed by atoms with Crippen molar-refractivity contribution in [2.75, 3.05) is 0 Å². The molecule has 1 aliphatic rings. The van der Waals surface area contributed by atoms with Crippen molar-refractivity contribution < 1.29 is 31.9 Å². The lowest BCUT2D eigenvalue weighted by atomic mass is 9.98. The summed E-state index contributed by atoms with van der Waals surface area (Å²) in [6, 6.07) is 6.78. The molecule has 1 heterocycles. The van der Waals surface area contributed by atoms with Crippen molar-refractivity contribution in [1.29, 1.82) is 0 Å². The van der Waals surface area contributed by atoms with E-state index in [9.17, 15) is 31.9 Å². The average Bonchev–Trinajstić information content (AvgIpc) is 2.74. The van der Waals surface area contributed by atoms with Crippen LogP contribution in [0.25, 0.3) is 0 Å². The zero-order chi connectivity index (χ0) is 16.8. The fraction of sp³-hybridized carbons (Fsp3) is 0.385. The molecule has 1 aliphatic heterocycles. The molecule has 2 rings (SSSR count). The number of amides is 1. The summed E-state index contributed by atoms with van der Waals surface area (Å²) in [7, 11) is 0. The summed E-state index contributed by atoms with van der Waals surface area (Å²) in [6.45, 7) is 1.15. The van der Waals surface area contributed by atoms with E-state index in [0.29, 0.717) is 0 Å². The summed E-state index contributed by atoms with van der Waals surface area (Å²) in [5.41, 5.74) is -4.17. The number of hydrogen-bond acceptors (Lipinski definition) is 3. The van der Waals surface area contributed by atoms with Gasteiger partial charge in [-0.1, -0.05) is 18.2 Å². The second kappa shape index (κ2) is 5.01. The van der Waals surface area contributed by atoms with Gasteiger partial charge in [-0.25, -0.2) is 0 Å². The standard InChI is InChI=1S/C13H11F5N2O2/c1-8-7-11(22,12(14,15)13(16,17)18)20(19-8)10(21)9-5-3-2-4-6-9/h2-6,22H,7H2,1H3/t11-/m0/s1. The molecule has 1 atom stereocenters. The average molecular weight is 322 g/mol. The van der Waals surface area contributed by atoms with Gasteiger partial charge in [-0.2, -0.15) is 32.1 Å². The molecular formula is C13H11F5N2O2. The lowest BCUT2D eigenvalue weighted by Crippen LogP contribution is -2.64. The molecule has 0 radical (unpaired) electrons. The van der Waals surface area contributed by atoms with Gasteiger partial charge >= 0.3 is 12.1 Å². The zero-order valence-electron chi connectivity index (χ0n) is 11.2. The number of carbonyl (C=O) groups is 1. The van der Waals surface area contributed by atoms with E-state index in [1.54, 1.807) is 0 Å². The summed E-state index contributed by atoms with van der Waals surface area (Å²) in [6.07, 6.45) is -7.13. The van der Waals surface area contributed by atoms with Crippen molar-refractivity contribution in [1.82, 2.24) is 5.01 Å². The Kier molecular flexibility index (Phi) is 3.72. The van der Waals surface area contributed by atoms with Gasteiger partial charge in [-0.15, -0.1) is 0 Å². The number of benzene rings is 1. The second-order valence-electron chi connectivity index (χ2n) is 4.88. The Morgan fingerprint density at radius 3 is 2.27 bits per heavy atom. The Labute approximate surface area is 121 Å². The molecule has 0 unspecified atom stereocenters. The number of aliphatic hydroxyl groups is 1. The van der Waals surface area contributed by atoms with Crippen LogP contribution in [0.15, 0.2) is 35.4 Å². The smallest absolute Gasteiger partial charge is 0.364 e. The Hall–Kier alpha value is -2.03. The summed E-state index contributed by atoms with van der Waals surface area (Å²) < 4.78 is 65.1. The van der Waals surface area contributed by atoms with Crippen LogP contribution in [0.4, 0.5) is 22.0 Å². The summed E-state index contributed by atoms with van der Waals surface area (Å²) in [5.74, 6) is -6.78. The number of carbonyl (C=O) groups excluding carboxylic acids is 1. The van der Waals surface area contributed by atoms with E-state index >= 15 is 0 Å². The molecule has 22 heavy (non-hydrogen) atoms. The van der Waals surface area contributed by atoms with Crippen molar-refractivity contribution in [3.8, 4) is 0 Å². The van der Waals surface area contributed by atoms with E-state index in [0.717, 1.165) is 6.92 Å². The van der Waals surface area contributed by atoms with E-state index in [1.165, 1.54) is 30.3 Å². The molecule has 0 spiro atoms. The molecular weight excluding hydrogens is 311 g/mol. The first-order chi connectivity index (χ1) is 10.0. The molecule has 1 aromatic rings. The van der Waals surface area contributed by atoms with Gasteiger partial charge < -0.3 is 5.11 Å². The maximum absolute atomic E-state index is 13.7. The van der Waals surface area contributed by atoms with Crippen LogP contribution >= 0.6 is 0 Å². The summed E-state index contributed by atoms with van der Waals surface area (Å²) >= 11 is 0. The first-order valence-electron chi connectivity index (χ1n) is 6.11. The van der Waals surface area contributed by atoms with Gasteiger partial charge in [-0.3, -0.25) is 4.79 Å². The van der Waals surface area contributed by atoms with Crippen LogP contribution in [0.3, 0.4) is 0 Å². The molecule has 0 saturated carbocycles. The number of alkyl halides is 5. The molecule has 1 N–H and O–H groups in total. The zero-order valence-corrected chi connectivity index (χ0v) is 11.2. The SMILES string of the molecule is CC1=NN(C(=O)c2ccccc2)[C@@](O)(C(F)(F)C(F)(F)F)C1. The fourth-order valence-corrected chi connectivity index (χ4v) is 2.11. The largest absolute Gasteiger partial charge is 0.458 e. The number of hydrazone groups is 1. The molecule has 1 amide bonds. The Morgan fingerprint density at radius 1 is 1.23 bits per heavy atom. The molecule has 1 aromatic carbocycles. The Bertz CT molecular complexity index is 615. The van der Waals surface area contributed by atoms with Gasteiger partial charge in [0, 0.05) is 17.7 Å². The quantitative estimate of drug-likeness (QED) is 0.851. The fourth-order valence-electron chi connectivity index (χ4n) is 2.11. The van der Waals surface area contributed by atoms with Crippen LogP contribution in [-0.2, 0) is 0 Å². The van der Waals surface area contributed by atoms with Gasteiger partial charge in [0.15, 0.2) is 0 Å². The normalized spacial score (nSPS) is 22.7. The van der Waals surface area contributed by atoms with Gasteiger partial charge in [0.1, 0.15) is 0 Å². The van der Waals surface area contributed by atoms with Gasteiger partial charge in [0.2, 0.25) is 5.72 Å². The molecule has 0 saturated heterocycles. The van der Waals surface area contributed by atoms with Crippen LogP contribution in [0.2, 0.25) is 0 Å². The van der Waals surface area contributed by atoms with Crippen molar-refractivity contribution in [2.24, 2.45) is 5.10 Å². The maximum atomic E-state index is 13.7. The van der Waals surface area contributed by atoms with E-state index in [-0.39, 0.29) is 16.3 Å². The molecule has 0 aromatic heterocycles. The van der Waals surface area contributed by atoms with Crippen molar-refractivity contribution in [3.05, 3.63) is 35.9 Å². The van der Waals surface area contributed by atoms with Crippen LogP contribution in [0, 0.1) is 0 Å². The third kappa shape index (κ3) is 2.35. The topological polar surface area (TPSA) is 52.9 Å². The minimum atomic E-state index is -6.03. The van der Waals surface area contributed by atoms with Crippen molar-refractivity contribution in [3.63, 3.8) is 0 Å². The monoisotopic (exact) mass is 322 g/mol. The second-order valence-corrected chi connectivity index (χ2v) is 4.88. The summed E-state index contributed by atoms with van der Waals surface area (Å²) in [5, 5.41) is 13.1. The molecule has 0 fully saturated rings. The number of nitrogens with zero attached hydrogens (tertiary/aromatic N) is 2. The lowest BCUT2D eigenvalue weighted by Gasteiger charge is -2.38. The highest BCUT2D eigenvalue weighted by atomic mass is 19.4. The van der Waals surface area contributed by atoms with Crippen molar-refractivity contribution in [2.45, 2.75) is 31.2 Å². The minimum absolute atomic E-state index is 0.169. The Balaban J connectivity index is 2.47. The first-order valence-corrected chi connectivity index (χ1v) is 6.11. The van der Waals surface area contributed by atoms with Gasteiger partial charge in [-0.05, 0) is 19.1 Å². The highest BCUT2D eigenvalue weighted by Crippen LogP contribution is 2.49. The number of hydrogen-bond donors (Lipinski definition) is 1. The van der Waals surface area contributed by atoms with Gasteiger partial charge in [0.05, 0.1) is 0 Å². The molecule has 120 valence electrons. The predicted octanol–water partition coefficient (Wildman–Crippen LogP) is 2.79. The predicted molar refractivity (Wildman–Crippen MR) is 66.3 cm³/mol. The molecule has 0 aliphatic carbocycles. The number of rotatable bonds is 2. The third-order valence-corrected chi connectivity index (χ3v) is 3.20. The van der Waals surface area contributed by atoms with Gasteiger partial charge in [0.25, 0.3) is 5.91 Å². The van der Waals surface area contributed by atoms with E-state index in [1.807, 2.05) is 0 Å². The van der Waals surface area contributed by atoms with Crippen LogP contribution in [-0.4, -0.2) is 39.6 Å². The van der Waals surface area contributed by atoms with Crippen LogP contribution < -0.4 is 0 Å². The maximum Gasteiger partial charge on any atom is 0.458 e. The van der Waals surface area contributed by atoms with Crippen molar-refractivity contribution >= 4 is 11.6 Å².